The molecule has 6 aliphatic rings. The minimum Gasteiger partial charge on any atom is -0.472 e. The standard InChI is InChI=1S/C29H33FN6O7/c1-28(12-42-13-28)22(33-27(40)41-2)25(38)35-10-17-14-6-16(18(30)7-14)20(17)21(35)24(37)36-11-29(8-15(36)9-31)26(39)34-23-19(43-29)4-3-5-32-23/h3-5,14-18,20-22H,6-8,10-13H2,1-2H3,(H,33,40)(H,32,34,39)/t14-,15-,16+,17+,18+,20-,21-,22-,29+/m0/s1. The van der Waals surface area contributed by atoms with Crippen molar-refractivity contribution < 1.29 is 37.8 Å². The molecule has 4 aliphatic heterocycles. The van der Waals surface area contributed by atoms with Gasteiger partial charge in [-0.1, -0.05) is 6.92 Å². The Labute approximate surface area is 247 Å². The summed E-state index contributed by atoms with van der Waals surface area (Å²) >= 11 is 0. The third-order valence-electron chi connectivity index (χ3n) is 10.5. The molecule has 9 atom stereocenters. The van der Waals surface area contributed by atoms with E-state index in [1.54, 1.807) is 12.1 Å². The fraction of sp³-hybridized carbons (Fsp3) is 0.655. The SMILES string of the molecule is COC(=O)N[C@@H](C(=O)N1C[C@@H]2[C@H]3C[C@@H]([C@@H]2[C@H]1C(=O)N1C[C@@]2(C[C@H]1C#N)Oc1cccnc1NC2=O)[C@H](F)C3)C1(C)COC1. The van der Waals surface area contributed by atoms with Gasteiger partial charge in [0.15, 0.2) is 11.6 Å². The van der Waals surface area contributed by atoms with Crippen molar-refractivity contribution in [1.82, 2.24) is 20.1 Å². The number of alkyl halides is 1. The monoisotopic (exact) mass is 596 g/mol. The van der Waals surface area contributed by atoms with E-state index in [0.29, 0.717) is 18.6 Å². The first-order valence-corrected chi connectivity index (χ1v) is 14.6. The second-order valence-electron chi connectivity index (χ2n) is 13.0. The number of anilines is 1. The van der Waals surface area contributed by atoms with Crippen molar-refractivity contribution in [1.29, 1.82) is 5.26 Å². The molecule has 7 rings (SSSR count). The number of ether oxygens (including phenoxy) is 3. The number of nitrogens with one attached hydrogen (secondary N) is 2. The molecule has 2 aliphatic carbocycles. The zero-order chi connectivity index (χ0) is 30.3. The summed E-state index contributed by atoms with van der Waals surface area (Å²) < 4.78 is 31.5. The van der Waals surface area contributed by atoms with Crippen molar-refractivity contribution in [2.24, 2.45) is 29.1 Å². The number of hydrogen-bond acceptors (Lipinski definition) is 9. The van der Waals surface area contributed by atoms with Gasteiger partial charge >= 0.3 is 6.09 Å². The van der Waals surface area contributed by atoms with Crippen LogP contribution in [0.3, 0.4) is 0 Å². The summed E-state index contributed by atoms with van der Waals surface area (Å²) in [7, 11) is 1.20. The van der Waals surface area contributed by atoms with Crippen LogP contribution in [0, 0.1) is 40.4 Å². The summed E-state index contributed by atoms with van der Waals surface area (Å²) in [5, 5.41) is 15.5. The summed E-state index contributed by atoms with van der Waals surface area (Å²) in [6, 6.07) is 2.31. The highest BCUT2D eigenvalue weighted by atomic mass is 19.1. The lowest BCUT2D eigenvalue weighted by Gasteiger charge is -2.45. The number of amides is 4. The molecule has 1 aromatic rings. The van der Waals surface area contributed by atoms with Gasteiger partial charge in [0.25, 0.3) is 5.91 Å². The van der Waals surface area contributed by atoms with Gasteiger partial charge in [-0.2, -0.15) is 5.26 Å². The first-order valence-electron chi connectivity index (χ1n) is 14.6. The number of methoxy groups -OCH3 is 1. The van der Waals surface area contributed by atoms with E-state index in [1.165, 1.54) is 23.1 Å². The number of halogens is 1. The molecule has 1 aromatic heterocycles. The van der Waals surface area contributed by atoms with Crippen LogP contribution in [0.25, 0.3) is 0 Å². The van der Waals surface area contributed by atoms with E-state index in [9.17, 15) is 24.4 Å². The molecule has 0 unspecified atom stereocenters. The van der Waals surface area contributed by atoms with E-state index in [-0.39, 0.29) is 50.4 Å². The van der Waals surface area contributed by atoms with Gasteiger partial charge in [-0.05, 0) is 48.6 Å². The summed E-state index contributed by atoms with van der Waals surface area (Å²) in [5.74, 6) is -1.86. The second-order valence-corrected chi connectivity index (χ2v) is 13.0. The van der Waals surface area contributed by atoms with Crippen LogP contribution < -0.4 is 15.4 Å². The Morgan fingerprint density at radius 3 is 2.77 bits per heavy atom. The van der Waals surface area contributed by atoms with Crippen molar-refractivity contribution in [3.63, 3.8) is 0 Å². The minimum absolute atomic E-state index is 0.0286. The number of rotatable bonds is 4. The number of carbonyl (C=O) groups excluding carboxylic acids is 4. The van der Waals surface area contributed by atoms with Crippen molar-refractivity contribution in [2.75, 3.05) is 38.7 Å². The van der Waals surface area contributed by atoms with Crippen molar-refractivity contribution >= 4 is 29.6 Å². The highest BCUT2D eigenvalue weighted by Gasteiger charge is 2.66. The minimum atomic E-state index is -1.53. The van der Waals surface area contributed by atoms with Crippen molar-refractivity contribution in [2.45, 2.75) is 56.1 Å². The van der Waals surface area contributed by atoms with Gasteiger partial charge in [0.2, 0.25) is 17.4 Å². The zero-order valence-corrected chi connectivity index (χ0v) is 23.8. The molecule has 4 amide bonds. The van der Waals surface area contributed by atoms with E-state index in [2.05, 4.69) is 21.7 Å². The molecule has 5 heterocycles. The van der Waals surface area contributed by atoms with Gasteiger partial charge in [-0.3, -0.25) is 14.4 Å². The molecule has 2 N–H and O–H groups in total. The Hall–Kier alpha value is -3.99. The van der Waals surface area contributed by atoms with Crippen molar-refractivity contribution in [3.8, 4) is 11.8 Å². The number of nitriles is 1. The molecule has 2 bridgehead atoms. The van der Waals surface area contributed by atoms with Crippen LogP contribution in [0.2, 0.25) is 0 Å². The van der Waals surface area contributed by atoms with Gasteiger partial charge in [-0.25, -0.2) is 14.2 Å². The van der Waals surface area contributed by atoms with Crippen LogP contribution in [-0.4, -0.2) is 102 Å². The normalized spacial score (nSPS) is 37.0. The molecular weight excluding hydrogens is 563 g/mol. The van der Waals surface area contributed by atoms with Crippen LogP contribution >= 0.6 is 0 Å². The predicted molar refractivity (Wildman–Crippen MR) is 144 cm³/mol. The molecule has 228 valence electrons. The van der Waals surface area contributed by atoms with Crippen LogP contribution in [0.5, 0.6) is 5.75 Å². The fourth-order valence-electron chi connectivity index (χ4n) is 8.39. The number of alkyl carbamates (subject to hydrolysis) is 1. The van der Waals surface area contributed by atoms with Crippen LogP contribution in [0.4, 0.5) is 15.0 Å². The summed E-state index contributed by atoms with van der Waals surface area (Å²) in [5.41, 5.74) is -2.26. The average molecular weight is 597 g/mol. The number of hydrogen-bond donors (Lipinski definition) is 2. The van der Waals surface area contributed by atoms with Crippen LogP contribution in [0.15, 0.2) is 18.3 Å². The highest BCUT2D eigenvalue weighted by molar-refractivity contribution is 6.01. The van der Waals surface area contributed by atoms with E-state index in [0.717, 1.165) is 0 Å². The van der Waals surface area contributed by atoms with E-state index in [4.69, 9.17) is 14.2 Å². The Morgan fingerprint density at radius 2 is 2.07 bits per heavy atom. The maximum absolute atomic E-state index is 15.2. The smallest absolute Gasteiger partial charge is 0.407 e. The predicted octanol–water partition coefficient (Wildman–Crippen LogP) is 0.858. The lowest BCUT2D eigenvalue weighted by atomic mass is 9.77. The van der Waals surface area contributed by atoms with Crippen LogP contribution in [0.1, 0.15) is 26.2 Å². The molecule has 43 heavy (non-hydrogen) atoms. The quantitative estimate of drug-likeness (QED) is 0.513. The number of nitrogens with zero attached hydrogens (tertiary/aromatic N) is 4. The van der Waals surface area contributed by atoms with Gasteiger partial charge in [-0.15, -0.1) is 0 Å². The number of fused-ring (bicyclic) bond motifs is 6. The zero-order valence-electron chi connectivity index (χ0n) is 23.8. The number of likely N-dealkylation sites (tertiary alicyclic amines) is 2. The third-order valence-corrected chi connectivity index (χ3v) is 10.5. The highest BCUT2D eigenvalue weighted by Crippen LogP contribution is 2.59. The number of aromatic nitrogens is 1. The Balaban J connectivity index is 1.23. The largest absolute Gasteiger partial charge is 0.472 e. The van der Waals surface area contributed by atoms with Crippen molar-refractivity contribution in [3.05, 3.63) is 18.3 Å². The first kappa shape index (κ1) is 27.8. The van der Waals surface area contributed by atoms with Crippen LogP contribution in [-0.2, 0) is 23.9 Å². The fourth-order valence-corrected chi connectivity index (χ4v) is 8.39. The van der Waals surface area contributed by atoms with E-state index >= 15 is 4.39 Å². The third kappa shape index (κ3) is 4.07. The van der Waals surface area contributed by atoms with Gasteiger partial charge in [0, 0.05) is 24.6 Å². The first-order chi connectivity index (χ1) is 20.6. The summed E-state index contributed by atoms with van der Waals surface area (Å²) in [6.45, 7) is 2.27. The molecule has 3 saturated heterocycles. The van der Waals surface area contributed by atoms with E-state index in [1.807, 2.05) is 6.92 Å². The maximum atomic E-state index is 15.2. The molecule has 2 saturated carbocycles. The molecule has 0 aromatic carbocycles. The molecule has 0 radical (unpaired) electrons. The lowest BCUT2D eigenvalue weighted by Crippen LogP contribution is -2.65. The summed E-state index contributed by atoms with van der Waals surface area (Å²) in [6.07, 6.45) is 0.573. The Morgan fingerprint density at radius 1 is 1.28 bits per heavy atom. The van der Waals surface area contributed by atoms with Gasteiger partial charge in [0.05, 0.1) is 32.9 Å². The maximum Gasteiger partial charge on any atom is 0.407 e. The topological polar surface area (TPSA) is 163 Å². The van der Waals surface area contributed by atoms with Gasteiger partial charge < -0.3 is 34.6 Å². The average Bonchev–Trinajstić information content (AvgIpc) is 3.74. The molecule has 14 heteroatoms. The van der Waals surface area contributed by atoms with Gasteiger partial charge in [0.1, 0.15) is 24.3 Å². The second kappa shape index (κ2) is 9.77. The molecule has 5 fully saturated rings. The van der Waals surface area contributed by atoms with E-state index < -0.39 is 71.0 Å². The molecule has 13 nitrogen and oxygen atoms in total. The number of pyridine rings is 1. The number of carbonyl (C=O) groups is 4. The Kier molecular flexibility index (Phi) is 6.32. The summed E-state index contributed by atoms with van der Waals surface area (Å²) in [4.78, 5) is 61.4. The molecule has 1 spiro atoms. The molecular formula is C29H33FN6O7. The Bertz CT molecular complexity index is 1430. The lowest BCUT2D eigenvalue weighted by molar-refractivity contribution is -0.160.